The van der Waals surface area contributed by atoms with Crippen LogP contribution in [0, 0.1) is 11.8 Å². The van der Waals surface area contributed by atoms with Gasteiger partial charge in [-0.25, -0.2) is 9.59 Å². The molecule has 2 heterocycles. The number of esters is 1. The summed E-state index contributed by atoms with van der Waals surface area (Å²) in [5.74, 6) is -1.35. The van der Waals surface area contributed by atoms with Crippen molar-refractivity contribution in [3.05, 3.63) is 113 Å². The van der Waals surface area contributed by atoms with Gasteiger partial charge in [0, 0.05) is 37.5 Å². The van der Waals surface area contributed by atoms with Crippen LogP contribution in [-0.2, 0) is 32.1 Å². The number of hydrogen-bond acceptors (Lipinski definition) is 12. The van der Waals surface area contributed by atoms with Crippen molar-refractivity contribution in [2.45, 2.75) is 43.9 Å². The van der Waals surface area contributed by atoms with Crippen molar-refractivity contribution in [2.75, 3.05) is 53.8 Å². The number of hydrogen-bond donors (Lipinski definition) is 5. The molecule has 3 amide bonds. The summed E-state index contributed by atoms with van der Waals surface area (Å²) >= 11 is 0. The van der Waals surface area contributed by atoms with E-state index in [1.807, 2.05) is 72.8 Å². The Bertz CT molecular complexity index is 2160. The third kappa shape index (κ3) is 10.0. The number of ether oxygens (including phenoxy) is 6. The molecule has 1 aliphatic carbocycles. The fourth-order valence-electron chi connectivity index (χ4n) is 8.33. The van der Waals surface area contributed by atoms with Gasteiger partial charge in [-0.05, 0) is 71.3 Å². The maximum atomic E-state index is 14.0. The highest BCUT2D eigenvalue weighted by Gasteiger charge is 2.53. The predicted octanol–water partition coefficient (Wildman–Crippen LogP) is 5.12. The first kappa shape index (κ1) is 42.4. The summed E-state index contributed by atoms with van der Waals surface area (Å²) in [6, 6.07) is 25.1. The van der Waals surface area contributed by atoms with E-state index in [1.54, 1.807) is 12.1 Å². The van der Waals surface area contributed by atoms with Gasteiger partial charge in [-0.1, -0.05) is 60.7 Å². The van der Waals surface area contributed by atoms with Crippen LogP contribution < -0.4 is 34.9 Å². The summed E-state index contributed by atoms with van der Waals surface area (Å²) in [5, 5.41) is 29.9. The number of benzene rings is 4. The van der Waals surface area contributed by atoms with Gasteiger partial charge >= 0.3 is 18.2 Å². The maximum absolute atomic E-state index is 14.0. The van der Waals surface area contributed by atoms with Gasteiger partial charge in [0.05, 0.1) is 39.3 Å². The largest absolute Gasteiger partial charge is 0.502 e. The van der Waals surface area contributed by atoms with E-state index in [9.17, 15) is 29.4 Å². The summed E-state index contributed by atoms with van der Waals surface area (Å²) in [4.78, 5) is 53.3. The molecule has 1 saturated heterocycles. The second kappa shape index (κ2) is 19.6. The zero-order valence-corrected chi connectivity index (χ0v) is 34.0. The lowest BCUT2D eigenvalue weighted by atomic mass is 9.65. The Balaban J connectivity index is 1.03. The minimum atomic E-state index is -1.09. The first-order valence-electron chi connectivity index (χ1n) is 20.2. The molecule has 4 aromatic carbocycles. The predicted molar refractivity (Wildman–Crippen MR) is 220 cm³/mol. The lowest BCUT2D eigenvalue weighted by molar-refractivity contribution is -0.141. The molecule has 0 aromatic heterocycles. The third-order valence-corrected chi connectivity index (χ3v) is 11.3. The van der Waals surface area contributed by atoms with Crippen molar-refractivity contribution in [2.24, 2.45) is 11.8 Å². The van der Waals surface area contributed by atoms with Crippen molar-refractivity contribution in [1.82, 2.24) is 20.9 Å². The highest BCUT2D eigenvalue weighted by Crippen LogP contribution is 2.55. The van der Waals surface area contributed by atoms with Crippen molar-refractivity contribution in [1.29, 1.82) is 0 Å². The fraction of sp³-hybridized carbons (Fsp3) is 0.378. The second-order valence-corrected chi connectivity index (χ2v) is 15.1. The number of cyclic esters (lactones) is 1. The summed E-state index contributed by atoms with van der Waals surface area (Å²) < 4.78 is 33.4. The van der Waals surface area contributed by atoms with Gasteiger partial charge in [-0.3, -0.25) is 9.59 Å². The van der Waals surface area contributed by atoms with Gasteiger partial charge in [0.25, 0.3) is 0 Å². The van der Waals surface area contributed by atoms with Crippen molar-refractivity contribution < 1.29 is 57.8 Å². The molecule has 5 unspecified atom stereocenters. The first-order chi connectivity index (χ1) is 29.6. The van der Waals surface area contributed by atoms with Crippen LogP contribution in [0.25, 0.3) is 0 Å². The van der Waals surface area contributed by atoms with Gasteiger partial charge < -0.3 is 59.5 Å². The number of fused-ring (bicyclic) bond motifs is 3. The molecule has 3 aliphatic rings. The Hall–Kier alpha value is -6.68. The van der Waals surface area contributed by atoms with Gasteiger partial charge in [0.1, 0.15) is 6.61 Å². The highest BCUT2D eigenvalue weighted by molar-refractivity contribution is 5.82. The summed E-state index contributed by atoms with van der Waals surface area (Å²) in [7, 11) is 2.86. The molecule has 0 bridgehead atoms. The number of nitrogens with one attached hydrogen (secondary N) is 3. The molecule has 5 atom stereocenters. The average molecular weight is 839 g/mol. The fourth-order valence-corrected chi connectivity index (χ4v) is 8.33. The maximum Gasteiger partial charge on any atom is 0.407 e. The number of carbonyl (C=O) groups is 4. The van der Waals surface area contributed by atoms with E-state index in [0.717, 1.165) is 16.7 Å². The van der Waals surface area contributed by atoms with Crippen LogP contribution in [0.4, 0.5) is 9.59 Å². The number of carboxylic acid groups (broad SMARTS) is 1. The summed E-state index contributed by atoms with van der Waals surface area (Å²) in [6.07, 6.45) is -0.380. The summed E-state index contributed by atoms with van der Waals surface area (Å²) in [5.41, 5.74) is 3.95. The Morgan fingerprint density at radius 1 is 0.869 bits per heavy atom. The number of phenols is 1. The highest BCUT2D eigenvalue weighted by atomic mass is 16.7. The lowest BCUT2D eigenvalue weighted by Gasteiger charge is -2.39. The number of carbonyl (C=O) groups excluding carboxylic acids is 3. The molecule has 322 valence electrons. The van der Waals surface area contributed by atoms with Crippen molar-refractivity contribution >= 4 is 24.1 Å². The number of rotatable bonds is 18. The van der Waals surface area contributed by atoms with Crippen LogP contribution >= 0.6 is 0 Å². The van der Waals surface area contributed by atoms with Crippen LogP contribution in [0.3, 0.4) is 0 Å². The van der Waals surface area contributed by atoms with Crippen LogP contribution in [0.15, 0.2) is 84.9 Å². The van der Waals surface area contributed by atoms with E-state index in [-0.39, 0.29) is 75.4 Å². The standard InChI is InChI=1S/C45H50N4O12/c1-56-36-19-29(20-37(57-2)42(36)51)39-31-21-34-35(61-26-60-34)22-32(31)41(33-25-58-43(52)40(33)39)48-38(50)23-47-30(18-27-10-5-3-6-11-27)14-17-49(45(54)55)16-9-15-46-44(53)59-24-28-12-7-4-8-13-28/h3-8,10-13,19-22,30,33,39-41,47,51H,9,14-18,23-26H2,1-2H3,(H,46,53)(H,48,50)(H,54,55). The smallest absolute Gasteiger partial charge is 0.407 e. The first-order valence-corrected chi connectivity index (χ1v) is 20.2. The molecule has 7 rings (SSSR count). The zero-order chi connectivity index (χ0) is 42.9. The Morgan fingerprint density at radius 2 is 1.52 bits per heavy atom. The SMILES string of the molecule is COc1cc(C2c3cc4c(cc3C(NC(=O)CNC(CCN(CCCNC(=O)OCc3ccccc3)C(=O)O)Cc3ccccc3)C3COC(=O)C23)OCO4)cc(OC)c1O. The van der Waals surface area contributed by atoms with Crippen LogP contribution in [-0.4, -0.2) is 99.0 Å². The zero-order valence-electron chi connectivity index (χ0n) is 34.0. The monoisotopic (exact) mass is 838 g/mol. The van der Waals surface area contributed by atoms with E-state index in [2.05, 4.69) is 16.0 Å². The topological polar surface area (TPSA) is 203 Å². The molecule has 0 radical (unpaired) electrons. The Labute approximate surface area is 353 Å². The van der Waals surface area contributed by atoms with Gasteiger partial charge in [-0.15, -0.1) is 0 Å². The van der Waals surface area contributed by atoms with E-state index >= 15 is 0 Å². The Kier molecular flexibility index (Phi) is 13.6. The number of methoxy groups -OCH3 is 2. The van der Waals surface area contributed by atoms with E-state index in [0.29, 0.717) is 41.9 Å². The average Bonchev–Trinajstić information content (AvgIpc) is 3.90. The molecule has 2 aliphatic heterocycles. The second-order valence-electron chi connectivity index (χ2n) is 15.1. The van der Waals surface area contributed by atoms with E-state index < -0.39 is 42.0 Å². The third-order valence-electron chi connectivity index (χ3n) is 11.3. The van der Waals surface area contributed by atoms with Crippen LogP contribution in [0.5, 0.6) is 28.7 Å². The van der Waals surface area contributed by atoms with Gasteiger partial charge in [0.15, 0.2) is 23.0 Å². The molecule has 0 spiro atoms. The van der Waals surface area contributed by atoms with Gasteiger partial charge in [-0.2, -0.15) is 0 Å². The minimum Gasteiger partial charge on any atom is -0.502 e. The van der Waals surface area contributed by atoms with Crippen molar-refractivity contribution in [3.63, 3.8) is 0 Å². The van der Waals surface area contributed by atoms with Crippen molar-refractivity contribution in [3.8, 4) is 28.7 Å². The molecule has 16 nitrogen and oxygen atoms in total. The quantitative estimate of drug-likeness (QED) is 0.0654. The molecular weight excluding hydrogens is 789 g/mol. The lowest BCUT2D eigenvalue weighted by Crippen LogP contribution is -2.47. The van der Waals surface area contributed by atoms with E-state index in [4.69, 9.17) is 28.4 Å². The van der Waals surface area contributed by atoms with Crippen LogP contribution in [0.1, 0.15) is 52.6 Å². The molecule has 1 fully saturated rings. The molecule has 16 heteroatoms. The molecule has 4 aromatic rings. The van der Waals surface area contributed by atoms with Gasteiger partial charge in [0.2, 0.25) is 18.4 Å². The minimum absolute atomic E-state index is 0.0163. The molecule has 0 saturated carbocycles. The Morgan fingerprint density at radius 3 is 2.18 bits per heavy atom. The summed E-state index contributed by atoms with van der Waals surface area (Å²) in [6.45, 7) is 0.697. The van der Waals surface area contributed by atoms with Crippen LogP contribution in [0.2, 0.25) is 0 Å². The number of phenolic OH excluding ortho intramolecular Hbond substituents is 1. The van der Waals surface area contributed by atoms with E-state index in [1.165, 1.54) is 19.1 Å². The molecular formula is C45H50N4O12. The number of amides is 3. The molecule has 5 N–H and O–H groups in total. The number of alkyl carbamates (subject to hydrolysis) is 1. The normalized spacial score (nSPS) is 18.8. The number of aromatic hydroxyl groups is 1. The molecule has 61 heavy (non-hydrogen) atoms. The number of nitrogens with zero attached hydrogens (tertiary/aromatic N) is 1.